The number of nitrogens with one attached hydrogen (secondary N) is 1. The molecular formula is C19H18ClN5O. The van der Waals surface area contributed by atoms with Crippen molar-refractivity contribution < 1.29 is 0 Å². The lowest BCUT2D eigenvalue weighted by Gasteiger charge is -2.29. The zero-order chi connectivity index (χ0) is 18.3. The number of pyridine rings is 2. The number of aryl methyl sites for hydroxylation is 2. The molecule has 0 aliphatic carbocycles. The van der Waals surface area contributed by atoms with Gasteiger partial charge in [-0.3, -0.25) is 4.98 Å². The Morgan fingerprint density at radius 2 is 1.96 bits per heavy atom. The largest absolute Gasteiger partial charge is 0.352 e. The third kappa shape index (κ3) is 3.08. The average Bonchev–Trinajstić information content (AvgIpc) is 2.62. The molecule has 1 N–H and O–H groups in total. The molecule has 132 valence electrons. The molecule has 0 fully saturated rings. The molecule has 0 radical (unpaired) electrons. The van der Waals surface area contributed by atoms with Crippen LogP contribution in [0.5, 0.6) is 0 Å². The molecule has 0 amide bonds. The first-order chi connectivity index (χ1) is 12.5. The number of halogens is 1. The van der Waals surface area contributed by atoms with Crippen molar-refractivity contribution in [2.45, 2.75) is 26.8 Å². The third-order valence-electron chi connectivity index (χ3n) is 4.61. The molecule has 3 aromatic heterocycles. The summed E-state index contributed by atoms with van der Waals surface area (Å²) < 4.78 is 0. The van der Waals surface area contributed by atoms with Crippen molar-refractivity contribution in [1.82, 2.24) is 19.9 Å². The van der Waals surface area contributed by atoms with Gasteiger partial charge in [-0.05, 0) is 31.0 Å². The summed E-state index contributed by atoms with van der Waals surface area (Å²) in [6.45, 7) is 5.46. The fraction of sp³-hybridized carbons (Fsp3) is 0.263. The minimum atomic E-state index is -0.301. The maximum atomic E-state index is 11.4. The van der Waals surface area contributed by atoms with E-state index in [4.69, 9.17) is 11.6 Å². The molecule has 0 bridgehead atoms. The minimum absolute atomic E-state index is 0.301. The number of aromatic nitrogens is 4. The van der Waals surface area contributed by atoms with E-state index in [1.807, 2.05) is 26.1 Å². The van der Waals surface area contributed by atoms with Crippen molar-refractivity contribution in [1.29, 1.82) is 0 Å². The van der Waals surface area contributed by atoms with Gasteiger partial charge in [-0.25, -0.2) is 14.8 Å². The molecule has 6 nitrogen and oxygen atoms in total. The van der Waals surface area contributed by atoms with Crippen molar-refractivity contribution in [2.75, 3.05) is 11.4 Å². The van der Waals surface area contributed by atoms with Gasteiger partial charge in [-0.1, -0.05) is 17.7 Å². The molecule has 0 spiro atoms. The summed E-state index contributed by atoms with van der Waals surface area (Å²) in [6.07, 6.45) is 5.91. The maximum Gasteiger partial charge on any atom is 0.345 e. The second kappa shape index (κ2) is 6.53. The van der Waals surface area contributed by atoms with Crippen LogP contribution in [0.1, 0.15) is 22.4 Å². The van der Waals surface area contributed by atoms with Crippen molar-refractivity contribution >= 4 is 17.4 Å². The fourth-order valence-electron chi connectivity index (χ4n) is 3.32. The summed E-state index contributed by atoms with van der Waals surface area (Å²) in [7, 11) is 0. The normalized spacial score (nSPS) is 13.6. The van der Waals surface area contributed by atoms with Crippen LogP contribution in [-0.2, 0) is 13.0 Å². The van der Waals surface area contributed by atoms with Gasteiger partial charge in [0.25, 0.3) is 0 Å². The monoisotopic (exact) mass is 367 g/mol. The molecule has 0 atom stereocenters. The topological polar surface area (TPSA) is 74.8 Å². The second-order valence-electron chi connectivity index (χ2n) is 6.56. The highest BCUT2D eigenvalue weighted by atomic mass is 35.5. The highest BCUT2D eigenvalue weighted by Crippen LogP contribution is 2.32. The summed E-state index contributed by atoms with van der Waals surface area (Å²) in [5, 5.41) is 0.580. The first-order valence-electron chi connectivity index (χ1n) is 8.42. The van der Waals surface area contributed by atoms with Crippen molar-refractivity contribution in [3.8, 4) is 11.3 Å². The predicted octanol–water partition coefficient (Wildman–Crippen LogP) is 3.06. The highest BCUT2D eigenvalue weighted by molar-refractivity contribution is 6.33. The molecule has 3 aromatic rings. The quantitative estimate of drug-likeness (QED) is 0.753. The van der Waals surface area contributed by atoms with E-state index in [0.717, 1.165) is 52.4 Å². The van der Waals surface area contributed by atoms with Gasteiger partial charge in [-0.15, -0.1) is 0 Å². The first-order valence-corrected chi connectivity index (χ1v) is 8.80. The number of rotatable bonds is 2. The second-order valence-corrected chi connectivity index (χ2v) is 6.97. The van der Waals surface area contributed by atoms with Gasteiger partial charge in [0.2, 0.25) is 0 Å². The molecule has 1 aliphatic rings. The van der Waals surface area contributed by atoms with E-state index in [0.29, 0.717) is 11.6 Å². The van der Waals surface area contributed by atoms with Crippen LogP contribution in [0, 0.1) is 13.8 Å². The van der Waals surface area contributed by atoms with E-state index in [1.54, 1.807) is 12.4 Å². The summed E-state index contributed by atoms with van der Waals surface area (Å²) in [5.74, 6) is 0.836. The first kappa shape index (κ1) is 16.7. The van der Waals surface area contributed by atoms with Crippen LogP contribution in [0.15, 0.2) is 35.5 Å². The number of H-pyrrole nitrogens is 1. The smallest absolute Gasteiger partial charge is 0.345 e. The van der Waals surface area contributed by atoms with Gasteiger partial charge >= 0.3 is 5.69 Å². The summed E-state index contributed by atoms with van der Waals surface area (Å²) in [5.41, 5.74) is 5.60. The Kier molecular flexibility index (Phi) is 4.20. The van der Waals surface area contributed by atoms with Gasteiger partial charge in [-0.2, -0.15) is 0 Å². The molecule has 0 unspecified atom stereocenters. The van der Waals surface area contributed by atoms with Crippen LogP contribution < -0.4 is 10.6 Å². The third-order valence-corrected chi connectivity index (χ3v) is 4.91. The van der Waals surface area contributed by atoms with E-state index in [2.05, 4.69) is 30.9 Å². The van der Waals surface area contributed by atoms with Gasteiger partial charge in [0.15, 0.2) is 0 Å². The van der Waals surface area contributed by atoms with Gasteiger partial charge in [0.1, 0.15) is 5.82 Å². The Bertz CT molecular complexity index is 1050. The van der Waals surface area contributed by atoms with Crippen LogP contribution in [-0.4, -0.2) is 26.5 Å². The number of aromatic amines is 1. The van der Waals surface area contributed by atoms with Crippen LogP contribution in [0.4, 0.5) is 5.82 Å². The maximum absolute atomic E-state index is 11.4. The predicted molar refractivity (Wildman–Crippen MR) is 102 cm³/mol. The Labute approximate surface area is 155 Å². The molecule has 7 heteroatoms. The molecule has 1 aliphatic heterocycles. The molecule has 4 rings (SSSR count). The number of anilines is 1. The lowest BCUT2D eigenvalue weighted by molar-refractivity contribution is 0.691. The molecule has 0 saturated carbocycles. The Morgan fingerprint density at radius 1 is 1.12 bits per heavy atom. The van der Waals surface area contributed by atoms with Crippen molar-refractivity contribution in [3.63, 3.8) is 0 Å². The van der Waals surface area contributed by atoms with E-state index in [9.17, 15) is 4.79 Å². The Balaban J connectivity index is 1.70. The Hall–Kier alpha value is -2.73. The SMILES string of the molecule is Cc1cnc(-c2cc(N3CCc4[nH]c(=O)ncc4C3)ncc2Cl)c(C)c1. The van der Waals surface area contributed by atoms with Crippen LogP contribution >= 0.6 is 11.6 Å². The van der Waals surface area contributed by atoms with E-state index in [-0.39, 0.29) is 5.69 Å². The lowest BCUT2D eigenvalue weighted by Crippen LogP contribution is -2.33. The van der Waals surface area contributed by atoms with Gasteiger partial charge in [0, 0.05) is 54.9 Å². The van der Waals surface area contributed by atoms with Crippen molar-refractivity contribution in [3.05, 3.63) is 68.6 Å². The van der Waals surface area contributed by atoms with Crippen LogP contribution in [0.25, 0.3) is 11.3 Å². The minimum Gasteiger partial charge on any atom is -0.352 e. The number of nitrogens with zero attached hydrogens (tertiary/aromatic N) is 4. The number of hydrogen-bond donors (Lipinski definition) is 1. The standard InChI is InChI=1S/C19H18ClN5O/c1-11-5-12(2)18(22-7-11)14-6-17(21-9-15(14)20)25-4-3-16-13(10-25)8-23-19(26)24-16/h5-9H,3-4,10H2,1-2H3,(H,23,24,26). The fourth-order valence-corrected chi connectivity index (χ4v) is 3.51. The summed E-state index contributed by atoms with van der Waals surface area (Å²) in [4.78, 5) is 29.2. The molecule has 0 saturated heterocycles. The highest BCUT2D eigenvalue weighted by Gasteiger charge is 2.20. The van der Waals surface area contributed by atoms with Crippen LogP contribution in [0.2, 0.25) is 5.02 Å². The number of hydrogen-bond acceptors (Lipinski definition) is 5. The molecule has 0 aromatic carbocycles. The van der Waals surface area contributed by atoms with Gasteiger partial charge < -0.3 is 9.88 Å². The average molecular weight is 368 g/mol. The summed E-state index contributed by atoms with van der Waals surface area (Å²) >= 11 is 6.41. The van der Waals surface area contributed by atoms with E-state index >= 15 is 0 Å². The summed E-state index contributed by atoms with van der Waals surface area (Å²) in [6, 6.07) is 4.08. The molecule has 26 heavy (non-hydrogen) atoms. The molecular weight excluding hydrogens is 350 g/mol. The van der Waals surface area contributed by atoms with Crippen molar-refractivity contribution in [2.24, 2.45) is 0 Å². The number of fused-ring (bicyclic) bond motifs is 1. The van der Waals surface area contributed by atoms with E-state index in [1.165, 1.54) is 0 Å². The lowest BCUT2D eigenvalue weighted by atomic mass is 10.0. The van der Waals surface area contributed by atoms with Crippen LogP contribution in [0.3, 0.4) is 0 Å². The zero-order valence-corrected chi connectivity index (χ0v) is 15.3. The Morgan fingerprint density at radius 3 is 2.77 bits per heavy atom. The van der Waals surface area contributed by atoms with E-state index < -0.39 is 0 Å². The molecule has 4 heterocycles. The zero-order valence-electron chi connectivity index (χ0n) is 14.6. The van der Waals surface area contributed by atoms with Gasteiger partial charge in [0.05, 0.1) is 10.7 Å².